The Hall–Kier alpha value is -2.15. The molecule has 100 valence electrons. The van der Waals surface area contributed by atoms with E-state index >= 15 is 0 Å². The van der Waals surface area contributed by atoms with Gasteiger partial charge < -0.3 is 0 Å². The molecule has 0 aliphatic carbocycles. The Morgan fingerprint density at radius 2 is 1.65 bits per heavy atom. The van der Waals surface area contributed by atoms with Gasteiger partial charge in [0.1, 0.15) is 0 Å². The van der Waals surface area contributed by atoms with Crippen LogP contribution in [0.15, 0.2) is 48.5 Å². The molecule has 1 heteroatoms. The van der Waals surface area contributed by atoms with Gasteiger partial charge in [0.25, 0.3) is 0 Å². The summed E-state index contributed by atoms with van der Waals surface area (Å²) in [5, 5.41) is 1.24. The number of hydrogen-bond donors (Lipinski definition) is 0. The summed E-state index contributed by atoms with van der Waals surface area (Å²) in [6.45, 7) is 6.41. The van der Waals surface area contributed by atoms with Crippen LogP contribution in [0.4, 0.5) is 0 Å². The monoisotopic (exact) mass is 261 g/mol. The zero-order chi connectivity index (χ0) is 14.1. The van der Waals surface area contributed by atoms with Crippen molar-refractivity contribution in [3.8, 4) is 0 Å². The zero-order valence-electron chi connectivity index (χ0n) is 12.3. The summed E-state index contributed by atoms with van der Waals surface area (Å²) in [7, 11) is 0. The average Bonchev–Trinajstić information content (AvgIpc) is 2.46. The second-order valence-electron chi connectivity index (χ2n) is 5.47. The number of nitrogens with zero attached hydrogens (tertiary/aromatic N) is 1. The van der Waals surface area contributed by atoms with E-state index in [1.807, 2.05) is 0 Å². The molecule has 20 heavy (non-hydrogen) atoms. The van der Waals surface area contributed by atoms with Crippen molar-refractivity contribution in [3.63, 3.8) is 0 Å². The maximum atomic E-state index is 4.83. The molecule has 0 amide bonds. The van der Waals surface area contributed by atoms with Gasteiger partial charge in [-0.3, -0.25) is 4.98 Å². The summed E-state index contributed by atoms with van der Waals surface area (Å²) < 4.78 is 0. The molecule has 0 fully saturated rings. The lowest BCUT2D eigenvalue weighted by Gasteiger charge is -2.10. The van der Waals surface area contributed by atoms with E-state index in [0.29, 0.717) is 0 Å². The van der Waals surface area contributed by atoms with E-state index in [0.717, 1.165) is 17.6 Å². The predicted molar refractivity (Wildman–Crippen MR) is 85.2 cm³/mol. The van der Waals surface area contributed by atoms with Crippen molar-refractivity contribution >= 4 is 10.9 Å². The molecule has 1 aromatic heterocycles. The minimum atomic E-state index is 0.947. The fourth-order valence-corrected chi connectivity index (χ4v) is 2.61. The first-order valence-corrected chi connectivity index (χ1v) is 7.05. The summed E-state index contributed by atoms with van der Waals surface area (Å²) in [5.74, 6) is 0. The number of benzene rings is 2. The minimum absolute atomic E-state index is 0.947. The molecule has 0 unspecified atom stereocenters. The summed E-state index contributed by atoms with van der Waals surface area (Å²) in [6.07, 6.45) is 0.947. The van der Waals surface area contributed by atoms with Gasteiger partial charge in [-0.05, 0) is 55.5 Å². The molecule has 0 saturated heterocycles. The number of rotatable bonds is 2. The topological polar surface area (TPSA) is 12.9 Å². The van der Waals surface area contributed by atoms with Crippen LogP contribution in [0.5, 0.6) is 0 Å². The van der Waals surface area contributed by atoms with Crippen LogP contribution in [0.3, 0.4) is 0 Å². The number of aromatic nitrogens is 1. The Morgan fingerprint density at radius 3 is 2.40 bits per heavy atom. The maximum absolute atomic E-state index is 4.83. The van der Waals surface area contributed by atoms with Crippen LogP contribution in [-0.2, 0) is 6.42 Å². The first-order valence-electron chi connectivity index (χ1n) is 7.05. The van der Waals surface area contributed by atoms with Gasteiger partial charge in [0, 0.05) is 11.1 Å². The van der Waals surface area contributed by atoms with Gasteiger partial charge >= 0.3 is 0 Å². The van der Waals surface area contributed by atoms with Gasteiger partial charge in [0.2, 0.25) is 0 Å². The highest BCUT2D eigenvalue weighted by Gasteiger charge is 2.07. The van der Waals surface area contributed by atoms with E-state index in [1.54, 1.807) is 0 Å². The Kier molecular flexibility index (Phi) is 3.27. The van der Waals surface area contributed by atoms with Crippen LogP contribution >= 0.6 is 0 Å². The third-order valence-corrected chi connectivity index (χ3v) is 4.04. The van der Waals surface area contributed by atoms with E-state index in [-0.39, 0.29) is 0 Å². The molecule has 3 rings (SSSR count). The summed E-state index contributed by atoms with van der Waals surface area (Å²) >= 11 is 0. The van der Waals surface area contributed by atoms with Crippen LogP contribution in [0.2, 0.25) is 0 Å². The third kappa shape index (κ3) is 2.32. The Morgan fingerprint density at radius 1 is 0.900 bits per heavy atom. The zero-order valence-corrected chi connectivity index (χ0v) is 12.3. The smallest absolute Gasteiger partial charge is 0.0737 e. The minimum Gasteiger partial charge on any atom is -0.253 e. The van der Waals surface area contributed by atoms with Crippen LogP contribution in [0, 0.1) is 20.8 Å². The largest absolute Gasteiger partial charge is 0.253 e. The Labute approximate surface area is 120 Å². The quantitative estimate of drug-likeness (QED) is 0.648. The molecule has 1 heterocycles. The highest BCUT2D eigenvalue weighted by Crippen LogP contribution is 2.23. The summed E-state index contributed by atoms with van der Waals surface area (Å²) in [5.41, 5.74) is 7.51. The third-order valence-electron chi connectivity index (χ3n) is 4.04. The van der Waals surface area contributed by atoms with Gasteiger partial charge in [0.05, 0.1) is 5.52 Å². The molecule has 0 aliphatic rings. The Bertz CT molecular complexity index is 758. The van der Waals surface area contributed by atoms with Crippen LogP contribution in [0.25, 0.3) is 10.9 Å². The molecular formula is C19H19N. The van der Waals surface area contributed by atoms with Crippen molar-refractivity contribution in [1.82, 2.24) is 4.98 Å². The lowest BCUT2D eigenvalue weighted by Crippen LogP contribution is -1.97. The lowest BCUT2D eigenvalue weighted by molar-refractivity contribution is 1.10. The average molecular weight is 261 g/mol. The van der Waals surface area contributed by atoms with Crippen LogP contribution < -0.4 is 0 Å². The van der Waals surface area contributed by atoms with Crippen molar-refractivity contribution in [3.05, 3.63) is 76.5 Å². The first-order chi connectivity index (χ1) is 9.65. The van der Waals surface area contributed by atoms with E-state index in [9.17, 15) is 0 Å². The molecule has 0 spiro atoms. The highest BCUT2D eigenvalue weighted by molar-refractivity contribution is 5.83. The summed E-state index contributed by atoms with van der Waals surface area (Å²) in [6, 6.07) is 17.2. The van der Waals surface area contributed by atoms with Crippen LogP contribution in [0.1, 0.15) is 27.9 Å². The van der Waals surface area contributed by atoms with Gasteiger partial charge in [0.15, 0.2) is 0 Å². The second-order valence-corrected chi connectivity index (χ2v) is 5.47. The molecule has 0 aliphatic heterocycles. The second kappa shape index (κ2) is 5.09. The molecule has 0 N–H and O–H groups in total. The number of hydrogen-bond acceptors (Lipinski definition) is 1. The van der Waals surface area contributed by atoms with Crippen molar-refractivity contribution < 1.29 is 0 Å². The van der Waals surface area contributed by atoms with Gasteiger partial charge in [-0.2, -0.15) is 0 Å². The van der Waals surface area contributed by atoms with Gasteiger partial charge in [-0.15, -0.1) is 0 Å². The van der Waals surface area contributed by atoms with Crippen LogP contribution in [-0.4, -0.2) is 4.98 Å². The molecule has 0 radical (unpaired) electrons. The molecule has 0 atom stereocenters. The molecular weight excluding hydrogens is 242 g/mol. The van der Waals surface area contributed by atoms with E-state index < -0.39 is 0 Å². The maximum Gasteiger partial charge on any atom is 0.0737 e. The molecule has 3 aromatic rings. The van der Waals surface area contributed by atoms with Gasteiger partial charge in [-0.25, -0.2) is 0 Å². The van der Waals surface area contributed by atoms with E-state index in [4.69, 9.17) is 4.98 Å². The first kappa shape index (κ1) is 12.9. The van der Waals surface area contributed by atoms with Crippen molar-refractivity contribution in [2.24, 2.45) is 0 Å². The Balaban J connectivity index is 2.09. The fraction of sp³-hybridized carbons (Fsp3) is 0.211. The molecule has 2 aromatic carbocycles. The van der Waals surface area contributed by atoms with Crippen molar-refractivity contribution in [2.75, 3.05) is 0 Å². The predicted octanol–water partition coefficient (Wildman–Crippen LogP) is 4.75. The fourth-order valence-electron chi connectivity index (χ4n) is 2.61. The van der Waals surface area contributed by atoms with E-state index in [1.165, 1.54) is 27.6 Å². The number of fused-ring (bicyclic) bond motifs is 1. The van der Waals surface area contributed by atoms with E-state index in [2.05, 4.69) is 69.3 Å². The highest BCUT2D eigenvalue weighted by atomic mass is 14.7. The lowest BCUT2D eigenvalue weighted by atomic mass is 9.99. The number of aryl methyl sites for hydroxylation is 3. The number of pyridine rings is 1. The normalized spacial score (nSPS) is 10.9. The molecule has 0 saturated carbocycles. The summed E-state index contributed by atoms with van der Waals surface area (Å²) in [4.78, 5) is 4.83. The SMILES string of the molecule is Cc1ccc2cc(Cc3ccccc3)c(C)nc2c1C. The standard InChI is InChI=1S/C19H19N/c1-13-9-10-17-12-18(11-16-7-5-4-6-8-16)15(3)20-19(17)14(13)2/h4-10,12H,11H2,1-3H3. The van der Waals surface area contributed by atoms with Gasteiger partial charge in [-0.1, -0.05) is 42.5 Å². The van der Waals surface area contributed by atoms with Crippen molar-refractivity contribution in [2.45, 2.75) is 27.2 Å². The molecule has 0 bridgehead atoms. The molecule has 1 nitrogen and oxygen atoms in total. The van der Waals surface area contributed by atoms with Crippen molar-refractivity contribution in [1.29, 1.82) is 0 Å².